The van der Waals surface area contributed by atoms with E-state index < -0.39 is 41.4 Å². The number of benzene rings is 3. The van der Waals surface area contributed by atoms with E-state index in [0.29, 0.717) is 28.2 Å². The predicted molar refractivity (Wildman–Crippen MR) is 129 cm³/mol. The Bertz CT molecular complexity index is 1480. The lowest BCUT2D eigenvalue weighted by molar-refractivity contribution is -0.119. The quantitative estimate of drug-likeness (QED) is 0.347. The summed E-state index contributed by atoms with van der Waals surface area (Å²) in [6.07, 6.45) is 0.808. The van der Waals surface area contributed by atoms with Crippen molar-refractivity contribution in [2.45, 2.75) is 6.42 Å². The number of rotatable bonds is 7. The van der Waals surface area contributed by atoms with Crippen molar-refractivity contribution in [3.63, 3.8) is 0 Å². The molecule has 11 heteroatoms. The van der Waals surface area contributed by atoms with Crippen LogP contribution in [0.15, 0.2) is 60.8 Å². The lowest BCUT2D eigenvalue weighted by Gasteiger charge is -2.13. The maximum atomic E-state index is 14.7. The molecule has 0 aliphatic heterocycles. The molecule has 4 rings (SSSR count). The molecule has 0 unspecified atom stereocenters. The lowest BCUT2D eigenvalue weighted by atomic mass is 10.1. The molecule has 0 spiro atoms. The summed E-state index contributed by atoms with van der Waals surface area (Å²) in [6, 6.07) is 10.7. The average molecular weight is 511 g/mol. The van der Waals surface area contributed by atoms with Crippen LogP contribution in [-0.4, -0.2) is 31.1 Å². The van der Waals surface area contributed by atoms with E-state index in [1.165, 1.54) is 32.5 Å². The van der Waals surface area contributed by atoms with Crippen LogP contribution in [-0.2, 0) is 11.2 Å². The zero-order chi connectivity index (χ0) is 26.5. The third kappa shape index (κ3) is 5.72. The van der Waals surface area contributed by atoms with Crippen molar-refractivity contribution in [2.24, 2.45) is 0 Å². The second kappa shape index (κ2) is 10.9. The van der Waals surface area contributed by atoms with Gasteiger partial charge in [-0.3, -0.25) is 15.1 Å². The topological polar surface area (TPSA) is 98.8 Å². The van der Waals surface area contributed by atoms with Crippen molar-refractivity contribution in [1.82, 2.24) is 10.3 Å². The van der Waals surface area contributed by atoms with E-state index in [4.69, 9.17) is 14.2 Å². The van der Waals surface area contributed by atoms with Crippen molar-refractivity contribution >= 4 is 28.5 Å². The van der Waals surface area contributed by atoms with Crippen molar-refractivity contribution in [3.8, 4) is 23.0 Å². The van der Waals surface area contributed by atoms with Crippen LogP contribution in [0, 0.1) is 17.5 Å². The highest BCUT2D eigenvalue weighted by molar-refractivity contribution is 6.01. The monoisotopic (exact) mass is 511 g/mol. The van der Waals surface area contributed by atoms with E-state index in [-0.39, 0.29) is 11.4 Å². The molecule has 3 aromatic carbocycles. The van der Waals surface area contributed by atoms with E-state index in [9.17, 15) is 22.8 Å². The molecule has 0 aliphatic carbocycles. The number of nitrogens with one attached hydrogen (secondary N) is 2. The summed E-state index contributed by atoms with van der Waals surface area (Å²) in [5, 5.41) is 4.67. The van der Waals surface area contributed by atoms with Crippen LogP contribution in [0.25, 0.3) is 10.9 Å². The maximum Gasteiger partial charge on any atom is 0.325 e. The van der Waals surface area contributed by atoms with Crippen LogP contribution in [0.1, 0.15) is 5.56 Å². The molecule has 4 aromatic rings. The van der Waals surface area contributed by atoms with E-state index in [1.807, 2.05) is 5.32 Å². The van der Waals surface area contributed by atoms with Gasteiger partial charge in [0.2, 0.25) is 5.91 Å². The van der Waals surface area contributed by atoms with Crippen LogP contribution in [0.4, 0.5) is 23.7 Å². The van der Waals surface area contributed by atoms with Gasteiger partial charge in [0, 0.05) is 29.3 Å². The van der Waals surface area contributed by atoms with Gasteiger partial charge in [0.1, 0.15) is 29.0 Å². The summed E-state index contributed by atoms with van der Waals surface area (Å²) in [7, 11) is 2.99. The Morgan fingerprint density at radius 2 is 1.57 bits per heavy atom. The summed E-state index contributed by atoms with van der Waals surface area (Å²) < 4.78 is 58.5. The number of ether oxygens (including phenoxy) is 3. The third-order valence-electron chi connectivity index (χ3n) is 5.28. The molecule has 8 nitrogen and oxygen atoms in total. The van der Waals surface area contributed by atoms with Crippen molar-refractivity contribution in [2.75, 3.05) is 19.5 Å². The maximum absolute atomic E-state index is 14.7. The highest BCUT2D eigenvalue weighted by Crippen LogP contribution is 2.37. The molecule has 0 bridgehead atoms. The number of methoxy groups -OCH3 is 2. The number of nitrogens with zero attached hydrogens (tertiary/aromatic N) is 1. The molecule has 0 fully saturated rings. The Hall–Kier alpha value is -4.80. The summed E-state index contributed by atoms with van der Waals surface area (Å²) >= 11 is 0. The van der Waals surface area contributed by atoms with Crippen LogP contribution in [0.5, 0.6) is 23.0 Å². The van der Waals surface area contributed by atoms with Crippen LogP contribution in [0.3, 0.4) is 0 Å². The molecular formula is C26H20F3N3O5. The minimum Gasteiger partial charge on any atom is -0.493 e. The highest BCUT2D eigenvalue weighted by atomic mass is 19.1. The van der Waals surface area contributed by atoms with Gasteiger partial charge in [0.15, 0.2) is 11.5 Å². The Balaban J connectivity index is 1.45. The Morgan fingerprint density at radius 1 is 0.865 bits per heavy atom. The van der Waals surface area contributed by atoms with Gasteiger partial charge in [0.05, 0.1) is 31.8 Å². The van der Waals surface area contributed by atoms with Gasteiger partial charge in [-0.1, -0.05) is 6.07 Å². The summed E-state index contributed by atoms with van der Waals surface area (Å²) in [5.41, 5.74) is -0.175. The Kier molecular flexibility index (Phi) is 7.42. The largest absolute Gasteiger partial charge is 0.493 e. The summed E-state index contributed by atoms with van der Waals surface area (Å²) in [6.45, 7) is 0. The molecular weight excluding hydrogens is 491 g/mol. The number of anilines is 1. The lowest BCUT2D eigenvalue weighted by Crippen LogP contribution is -2.35. The molecule has 0 saturated heterocycles. The van der Waals surface area contributed by atoms with Crippen LogP contribution < -0.4 is 24.8 Å². The molecule has 3 amide bonds. The first-order valence-corrected chi connectivity index (χ1v) is 10.8. The highest BCUT2D eigenvalue weighted by Gasteiger charge is 2.17. The number of carbonyl (C=O) groups is 2. The molecule has 0 atom stereocenters. The number of aromatic nitrogens is 1. The first-order valence-electron chi connectivity index (χ1n) is 10.8. The van der Waals surface area contributed by atoms with Gasteiger partial charge in [-0.05, 0) is 36.4 Å². The number of hydrogen-bond acceptors (Lipinski definition) is 6. The van der Waals surface area contributed by atoms with Crippen LogP contribution in [0.2, 0.25) is 0 Å². The minimum absolute atomic E-state index is 0.122. The van der Waals surface area contributed by atoms with Crippen molar-refractivity contribution in [3.05, 3.63) is 83.8 Å². The molecule has 0 radical (unpaired) electrons. The Labute approximate surface area is 209 Å². The zero-order valence-corrected chi connectivity index (χ0v) is 19.6. The molecule has 1 aromatic heterocycles. The molecule has 2 N–H and O–H groups in total. The molecule has 0 saturated carbocycles. The number of urea groups is 1. The first-order chi connectivity index (χ1) is 17.8. The second-order valence-electron chi connectivity index (χ2n) is 7.66. The fourth-order valence-electron chi connectivity index (χ4n) is 3.51. The predicted octanol–water partition coefficient (Wildman–Crippen LogP) is 5.35. The summed E-state index contributed by atoms with van der Waals surface area (Å²) in [4.78, 5) is 28.4. The van der Waals surface area contributed by atoms with Crippen molar-refractivity contribution in [1.29, 1.82) is 0 Å². The van der Waals surface area contributed by atoms with E-state index >= 15 is 0 Å². The number of imide groups is 1. The van der Waals surface area contributed by atoms with Gasteiger partial charge in [0.25, 0.3) is 0 Å². The smallest absolute Gasteiger partial charge is 0.325 e. The summed E-state index contributed by atoms with van der Waals surface area (Å²) in [5.74, 6) is -2.23. The number of fused-ring (bicyclic) bond motifs is 1. The molecule has 37 heavy (non-hydrogen) atoms. The number of halogens is 3. The number of amides is 3. The van der Waals surface area contributed by atoms with Gasteiger partial charge < -0.3 is 19.5 Å². The number of pyridine rings is 1. The second-order valence-corrected chi connectivity index (χ2v) is 7.66. The SMILES string of the molecule is COc1cc2nccc(Oc3ccc(NC(=O)NC(=O)Cc4c(F)cccc4F)c(F)c3)c2cc1OC. The standard InChI is InChI=1S/C26H20F3N3O5/c1-35-23-11-16-21(13-24(23)36-2)30-9-8-22(16)37-14-6-7-20(19(29)10-14)31-26(34)32-25(33)12-15-17(27)4-3-5-18(15)28/h3-11,13H,12H2,1-2H3,(H2,31,32,33,34). The molecule has 0 aliphatic rings. The van der Waals surface area contributed by atoms with E-state index in [0.717, 1.165) is 24.3 Å². The molecule has 1 heterocycles. The minimum atomic E-state index is -1.07. The fourth-order valence-corrected chi connectivity index (χ4v) is 3.51. The number of hydrogen-bond donors (Lipinski definition) is 2. The number of carbonyl (C=O) groups excluding carboxylic acids is 2. The zero-order valence-electron chi connectivity index (χ0n) is 19.6. The van der Waals surface area contributed by atoms with Crippen LogP contribution >= 0.6 is 0 Å². The first kappa shape index (κ1) is 25.3. The van der Waals surface area contributed by atoms with Crippen molar-refractivity contribution < 1.29 is 37.0 Å². The van der Waals surface area contributed by atoms with E-state index in [2.05, 4.69) is 10.3 Å². The fraction of sp³-hybridized carbons (Fsp3) is 0.115. The van der Waals surface area contributed by atoms with Gasteiger partial charge in [-0.25, -0.2) is 18.0 Å². The Morgan fingerprint density at radius 3 is 2.24 bits per heavy atom. The molecule has 190 valence electrons. The van der Waals surface area contributed by atoms with E-state index in [1.54, 1.807) is 18.2 Å². The van der Waals surface area contributed by atoms with Gasteiger partial charge in [-0.15, -0.1) is 0 Å². The van der Waals surface area contributed by atoms with Gasteiger partial charge >= 0.3 is 6.03 Å². The third-order valence-corrected chi connectivity index (χ3v) is 5.28. The van der Waals surface area contributed by atoms with Gasteiger partial charge in [-0.2, -0.15) is 0 Å². The average Bonchev–Trinajstić information content (AvgIpc) is 2.87. The normalized spacial score (nSPS) is 10.6.